The average Bonchev–Trinajstić information content (AvgIpc) is 3.24. The molecule has 0 aliphatic rings. The Morgan fingerprint density at radius 2 is 0.928 bits per heavy atom. The summed E-state index contributed by atoms with van der Waals surface area (Å²) in [7, 11) is -3.37. The van der Waals surface area contributed by atoms with Crippen LogP contribution in [-0.4, -0.2) is 60.9 Å². The highest BCUT2D eigenvalue weighted by Gasteiger charge is 2.42. The van der Waals surface area contributed by atoms with E-state index < -0.39 is 39.5 Å². The maximum absolute atomic E-state index is 12.5. The molecule has 0 aliphatic heterocycles. The minimum absolute atomic E-state index is 0.289. The quantitative estimate of drug-likeness (QED) is 0.0630. The predicted octanol–water partition coefficient (Wildman–Crippen LogP) is 15.9. The molecule has 0 saturated carbocycles. The lowest BCUT2D eigenvalue weighted by atomic mass is 9.99. The lowest BCUT2D eigenvalue weighted by Crippen LogP contribution is -2.43. The van der Waals surface area contributed by atoms with Crippen molar-refractivity contribution < 1.29 is 19.1 Å². The molecular weight excluding hydrogens is 957 g/mol. The highest BCUT2D eigenvalue weighted by molar-refractivity contribution is 9.10. The van der Waals surface area contributed by atoms with Crippen LogP contribution in [0.25, 0.3) is 0 Å². The Hall–Kier alpha value is -5.35. The number of ether oxygens (including phenoxy) is 2. The molecule has 0 unspecified atom stereocenters. The van der Waals surface area contributed by atoms with Crippen LogP contribution in [0.15, 0.2) is 89.9 Å². The summed E-state index contributed by atoms with van der Waals surface area (Å²) in [5, 5.41) is 22.7. The zero-order valence-corrected chi connectivity index (χ0v) is 48.1. The number of amides is 2. The van der Waals surface area contributed by atoms with Gasteiger partial charge in [0.1, 0.15) is 27.3 Å². The first-order chi connectivity index (χ1) is 31.9. The van der Waals surface area contributed by atoms with Crippen LogP contribution in [0, 0.1) is 34.2 Å². The molecule has 0 fully saturated rings. The number of halogens is 1. The molecule has 2 aromatic heterocycles. The molecule has 13 heteroatoms. The highest BCUT2D eigenvalue weighted by atomic mass is 79.9. The molecule has 0 aliphatic carbocycles. The van der Waals surface area contributed by atoms with Crippen LogP contribution >= 0.6 is 15.9 Å². The minimum Gasteiger partial charge on any atom is -0.444 e. The number of carbonyl (C=O) groups excluding carboxylic acids is 2. The summed E-state index contributed by atoms with van der Waals surface area (Å²) in [6.07, 6.45) is 11.2. The molecule has 0 saturated heterocycles. The first-order valence-corrected chi connectivity index (χ1v) is 29.1. The molecule has 0 atom stereocenters. The number of rotatable bonds is 12. The lowest BCUT2D eigenvalue weighted by molar-refractivity contribution is 0.0624. The predicted molar refractivity (Wildman–Crippen MR) is 298 cm³/mol. The standard InChI is InChI=1S/C28H39N3O2Si.C17H18BrN3O2.C11H22Si/c1-19(2)34(20(3)4,21(5)6)17-14-22-10-11-25(31-27(32)33-28(7,8)9)24(18-22)26(29)23-12-15-30-16-13-23;1-17(2,3)23-16(22)21-14-5-4-12(18)10-13(14)15(19)11-6-8-20-9-7-11;1-8-12(9(2)3,10(4)5)11(6)7/h10-13,15-16,18-21,29H,1-9H3,(H,31,32);4-10,19H,1-3H3,(H,21,22);1,9-11H,2-7H3. The largest absolute Gasteiger partial charge is 0.444 e. The first-order valence-electron chi connectivity index (χ1n) is 23.9. The van der Waals surface area contributed by atoms with Gasteiger partial charge in [-0.15, -0.1) is 17.5 Å². The number of aromatic nitrogens is 2. The summed E-state index contributed by atoms with van der Waals surface area (Å²) < 4.78 is 11.5. The normalized spacial score (nSPS) is 11.7. The van der Waals surface area contributed by atoms with Crippen molar-refractivity contribution in [3.8, 4) is 23.4 Å². The van der Waals surface area contributed by atoms with Gasteiger partial charge in [-0.3, -0.25) is 31.4 Å². The van der Waals surface area contributed by atoms with Gasteiger partial charge in [-0.25, -0.2) is 9.59 Å². The Bertz CT molecular complexity index is 2410. The van der Waals surface area contributed by atoms with Crippen LogP contribution in [0.5, 0.6) is 0 Å². The van der Waals surface area contributed by atoms with Crippen molar-refractivity contribution in [3.05, 3.63) is 118 Å². The third-order valence-electron chi connectivity index (χ3n) is 12.2. The summed E-state index contributed by atoms with van der Waals surface area (Å²) in [4.78, 5) is 32.5. The van der Waals surface area contributed by atoms with Gasteiger partial charge in [0.05, 0.1) is 22.8 Å². The highest BCUT2D eigenvalue weighted by Crippen LogP contribution is 2.42. The fourth-order valence-electron chi connectivity index (χ4n) is 9.06. The Morgan fingerprint density at radius 1 is 0.580 bits per heavy atom. The van der Waals surface area contributed by atoms with Crippen molar-refractivity contribution in [2.45, 2.75) is 169 Å². The Kier molecular flexibility index (Phi) is 22.5. The van der Waals surface area contributed by atoms with E-state index in [1.807, 2.05) is 39.0 Å². The Labute approximate surface area is 425 Å². The number of hydrogen-bond donors (Lipinski definition) is 4. The fraction of sp³-hybridized carbons (Fsp3) is 0.464. The van der Waals surface area contributed by atoms with E-state index in [0.717, 1.165) is 10.0 Å². The number of nitrogens with zero attached hydrogens (tertiary/aromatic N) is 2. The minimum atomic E-state index is -1.90. The zero-order chi connectivity index (χ0) is 52.7. The molecule has 4 aromatic rings. The van der Waals surface area contributed by atoms with Crippen LogP contribution in [0.2, 0.25) is 33.2 Å². The number of hydrogen-bond acceptors (Lipinski definition) is 8. The van der Waals surface area contributed by atoms with Gasteiger partial charge in [0.2, 0.25) is 0 Å². The van der Waals surface area contributed by atoms with E-state index in [1.165, 1.54) is 0 Å². The second-order valence-electron chi connectivity index (χ2n) is 21.1. The van der Waals surface area contributed by atoms with Gasteiger partial charge in [-0.2, -0.15) is 0 Å². The van der Waals surface area contributed by atoms with E-state index in [0.29, 0.717) is 72.6 Å². The van der Waals surface area contributed by atoms with Gasteiger partial charge >= 0.3 is 12.2 Å². The van der Waals surface area contributed by atoms with Gasteiger partial charge in [0, 0.05) is 57.1 Å². The Morgan fingerprint density at radius 3 is 1.25 bits per heavy atom. The third kappa shape index (κ3) is 17.2. The lowest BCUT2D eigenvalue weighted by Gasteiger charge is -2.38. The van der Waals surface area contributed by atoms with Crippen molar-refractivity contribution >= 4 is 67.1 Å². The van der Waals surface area contributed by atoms with Gasteiger partial charge in [-0.05, 0) is 135 Å². The first kappa shape index (κ1) is 59.8. The fourth-order valence-corrected chi connectivity index (χ4v) is 19.6. The van der Waals surface area contributed by atoms with E-state index in [4.69, 9.17) is 26.7 Å². The Balaban J connectivity index is 0.000000400. The topological polar surface area (TPSA) is 150 Å². The summed E-state index contributed by atoms with van der Waals surface area (Å²) in [6.45, 7) is 38.3. The zero-order valence-electron chi connectivity index (χ0n) is 44.5. The molecule has 4 N–H and O–H groups in total. The molecule has 2 aromatic carbocycles. The molecule has 0 spiro atoms. The molecular formula is C56H79BrN6O4Si2. The molecule has 0 bridgehead atoms. The molecule has 4 rings (SSSR count). The van der Waals surface area contributed by atoms with Gasteiger partial charge < -0.3 is 9.47 Å². The van der Waals surface area contributed by atoms with Gasteiger partial charge in [0.15, 0.2) is 0 Å². The van der Waals surface area contributed by atoms with Crippen molar-refractivity contribution in [1.29, 1.82) is 10.8 Å². The van der Waals surface area contributed by atoms with E-state index >= 15 is 0 Å². The molecule has 69 heavy (non-hydrogen) atoms. The maximum atomic E-state index is 12.5. The number of carbonyl (C=O) groups is 2. The van der Waals surface area contributed by atoms with Crippen molar-refractivity contribution in [2.75, 3.05) is 10.6 Å². The number of benzene rings is 2. The molecule has 2 amide bonds. The van der Waals surface area contributed by atoms with Crippen LogP contribution in [0.1, 0.15) is 152 Å². The second kappa shape index (κ2) is 26.0. The average molecular weight is 1040 g/mol. The third-order valence-corrected chi connectivity index (χ3v) is 25.2. The number of nitrogens with one attached hydrogen (secondary N) is 4. The number of anilines is 2. The van der Waals surface area contributed by atoms with E-state index in [9.17, 15) is 9.59 Å². The summed E-state index contributed by atoms with van der Waals surface area (Å²) in [5.74, 6) is 3.45. The molecule has 2 heterocycles. The van der Waals surface area contributed by atoms with Crippen LogP contribution < -0.4 is 10.6 Å². The van der Waals surface area contributed by atoms with Crippen molar-refractivity contribution in [2.24, 2.45) is 0 Å². The summed E-state index contributed by atoms with van der Waals surface area (Å²) >= 11 is 3.40. The molecule has 10 nitrogen and oxygen atoms in total. The number of terminal acetylenes is 1. The van der Waals surface area contributed by atoms with Crippen LogP contribution in [0.3, 0.4) is 0 Å². The smallest absolute Gasteiger partial charge is 0.412 e. The maximum Gasteiger partial charge on any atom is 0.412 e. The monoisotopic (exact) mass is 1030 g/mol. The van der Waals surface area contributed by atoms with Crippen LogP contribution in [0.4, 0.5) is 21.0 Å². The molecule has 372 valence electrons. The molecule has 0 radical (unpaired) electrons. The van der Waals surface area contributed by atoms with Crippen molar-refractivity contribution in [1.82, 2.24) is 9.97 Å². The SMILES string of the molecule is C#C[Si](C(C)C)(C(C)C)C(C)C.CC(C)(C)OC(=O)Nc1ccc(Br)cc1C(=N)c1ccncc1.CC(C)[Si](C#Cc1ccc(NC(=O)OC(C)(C)C)c(C(=N)c2ccncc2)c1)(C(C)C)C(C)C. The van der Waals surface area contributed by atoms with Gasteiger partial charge in [0.25, 0.3) is 0 Å². The van der Waals surface area contributed by atoms with E-state index in [1.54, 1.807) is 88.0 Å². The van der Waals surface area contributed by atoms with Gasteiger partial charge in [-0.1, -0.05) is 105 Å². The number of pyridine rings is 2. The summed E-state index contributed by atoms with van der Waals surface area (Å²) in [5.41, 5.74) is 14.4. The van der Waals surface area contributed by atoms with E-state index in [-0.39, 0.29) is 5.71 Å². The van der Waals surface area contributed by atoms with Crippen molar-refractivity contribution in [3.63, 3.8) is 0 Å². The van der Waals surface area contributed by atoms with E-state index in [2.05, 4.69) is 137 Å². The van der Waals surface area contributed by atoms with Crippen LogP contribution in [-0.2, 0) is 9.47 Å². The second-order valence-corrected chi connectivity index (χ2v) is 33.2. The summed E-state index contributed by atoms with van der Waals surface area (Å²) in [6, 6.07) is 18.0.